The summed E-state index contributed by atoms with van der Waals surface area (Å²) in [6.07, 6.45) is 1.22. The number of hydrogen-bond donors (Lipinski definition) is 1. The quantitative estimate of drug-likeness (QED) is 0.886. The summed E-state index contributed by atoms with van der Waals surface area (Å²) in [5, 5.41) is 8.90. The van der Waals surface area contributed by atoms with Gasteiger partial charge in [0.25, 0.3) is 0 Å². The summed E-state index contributed by atoms with van der Waals surface area (Å²) in [4.78, 5) is 10.8. The third kappa shape index (κ3) is 4.18. The van der Waals surface area contributed by atoms with Crippen molar-refractivity contribution in [2.75, 3.05) is 13.1 Å². The van der Waals surface area contributed by atoms with E-state index in [0.717, 1.165) is 0 Å². The zero-order chi connectivity index (χ0) is 16.3. The monoisotopic (exact) mass is 349 g/mol. The molecular weight excluding hydrogens is 333 g/mol. The van der Waals surface area contributed by atoms with Gasteiger partial charge in [-0.2, -0.15) is 0 Å². The molecule has 1 atom stereocenters. The van der Waals surface area contributed by atoms with E-state index >= 15 is 0 Å². The van der Waals surface area contributed by atoms with Gasteiger partial charge in [0.1, 0.15) is 5.82 Å². The molecule has 0 bridgehead atoms. The Morgan fingerprint density at radius 3 is 2.82 bits per heavy atom. The van der Waals surface area contributed by atoms with Crippen molar-refractivity contribution >= 4 is 27.6 Å². The minimum Gasteiger partial charge on any atom is -0.481 e. The molecule has 22 heavy (non-hydrogen) atoms. The Balaban J connectivity index is 2.14. The van der Waals surface area contributed by atoms with Crippen LogP contribution in [0.1, 0.15) is 24.8 Å². The van der Waals surface area contributed by atoms with Gasteiger partial charge >= 0.3 is 5.97 Å². The van der Waals surface area contributed by atoms with Crippen LogP contribution >= 0.6 is 11.6 Å². The van der Waals surface area contributed by atoms with Crippen molar-refractivity contribution < 1.29 is 22.7 Å². The van der Waals surface area contributed by atoms with Crippen LogP contribution in [0.3, 0.4) is 0 Å². The Morgan fingerprint density at radius 1 is 1.45 bits per heavy atom. The topological polar surface area (TPSA) is 74.7 Å². The average Bonchev–Trinajstić information content (AvgIpc) is 2.43. The molecule has 0 saturated carbocycles. The van der Waals surface area contributed by atoms with Gasteiger partial charge in [-0.05, 0) is 30.9 Å². The molecule has 1 aromatic rings. The van der Waals surface area contributed by atoms with Crippen molar-refractivity contribution in [2.24, 2.45) is 5.92 Å². The minimum absolute atomic E-state index is 0.0514. The third-order valence-corrected chi connectivity index (χ3v) is 5.85. The summed E-state index contributed by atoms with van der Waals surface area (Å²) in [5.41, 5.74) is -0.0514. The fraction of sp³-hybridized carbons (Fsp3) is 0.500. The van der Waals surface area contributed by atoms with Gasteiger partial charge in [0.2, 0.25) is 10.0 Å². The molecule has 8 heteroatoms. The Morgan fingerprint density at radius 2 is 2.18 bits per heavy atom. The Labute approximate surface area is 133 Å². The van der Waals surface area contributed by atoms with Gasteiger partial charge in [-0.15, -0.1) is 0 Å². The lowest BCUT2D eigenvalue weighted by atomic mass is 9.96. The number of hydrogen-bond acceptors (Lipinski definition) is 3. The molecule has 2 rings (SSSR count). The van der Waals surface area contributed by atoms with Crippen LogP contribution < -0.4 is 0 Å². The predicted molar refractivity (Wildman–Crippen MR) is 80.6 cm³/mol. The number of aliphatic carboxylic acids is 1. The molecule has 1 aliphatic heterocycles. The van der Waals surface area contributed by atoms with Gasteiger partial charge in [-0.25, -0.2) is 17.1 Å². The van der Waals surface area contributed by atoms with Gasteiger partial charge in [-0.3, -0.25) is 4.79 Å². The van der Waals surface area contributed by atoms with Gasteiger partial charge in [0.15, 0.2) is 0 Å². The molecule has 122 valence electrons. The van der Waals surface area contributed by atoms with E-state index in [-0.39, 0.29) is 29.5 Å². The molecular formula is C14H17ClFNO4S. The highest BCUT2D eigenvalue weighted by atomic mass is 35.5. The fourth-order valence-electron chi connectivity index (χ4n) is 2.64. The van der Waals surface area contributed by atoms with Crippen molar-refractivity contribution in [1.29, 1.82) is 0 Å². The molecule has 1 unspecified atom stereocenters. The van der Waals surface area contributed by atoms with E-state index in [4.69, 9.17) is 16.7 Å². The molecule has 0 amide bonds. The van der Waals surface area contributed by atoms with Gasteiger partial charge in [0, 0.05) is 30.1 Å². The van der Waals surface area contributed by atoms with Crippen molar-refractivity contribution in [3.8, 4) is 0 Å². The lowest BCUT2D eigenvalue weighted by Gasteiger charge is -2.31. The first-order valence-electron chi connectivity index (χ1n) is 6.92. The van der Waals surface area contributed by atoms with Crippen LogP contribution in [0.4, 0.5) is 4.39 Å². The average molecular weight is 350 g/mol. The summed E-state index contributed by atoms with van der Waals surface area (Å²) >= 11 is 5.87. The highest BCUT2D eigenvalue weighted by Gasteiger charge is 2.31. The normalized spacial score (nSPS) is 20.0. The van der Waals surface area contributed by atoms with Crippen molar-refractivity contribution in [3.63, 3.8) is 0 Å². The second kappa shape index (κ2) is 6.93. The Bertz CT molecular complexity index is 645. The molecule has 0 radical (unpaired) electrons. The number of carbonyl (C=O) groups is 1. The number of piperidine rings is 1. The number of sulfonamides is 1. The van der Waals surface area contributed by atoms with E-state index < -0.39 is 27.6 Å². The van der Waals surface area contributed by atoms with Crippen LogP contribution in [0.5, 0.6) is 0 Å². The van der Waals surface area contributed by atoms with Crippen LogP contribution in [0, 0.1) is 11.7 Å². The molecule has 1 aliphatic rings. The number of rotatable bonds is 5. The molecule has 1 saturated heterocycles. The molecule has 1 fully saturated rings. The summed E-state index contributed by atoms with van der Waals surface area (Å²) in [6, 6.07) is 4.02. The lowest BCUT2D eigenvalue weighted by Crippen LogP contribution is -2.41. The Kier molecular flexibility index (Phi) is 5.41. The van der Waals surface area contributed by atoms with E-state index in [2.05, 4.69) is 0 Å². The number of carboxylic acid groups (broad SMARTS) is 1. The first kappa shape index (κ1) is 17.2. The van der Waals surface area contributed by atoms with E-state index in [1.54, 1.807) is 0 Å². The Hall–Kier alpha value is -1.18. The van der Waals surface area contributed by atoms with E-state index in [9.17, 15) is 17.6 Å². The maximum Gasteiger partial charge on any atom is 0.303 e. The number of benzene rings is 1. The highest BCUT2D eigenvalue weighted by Crippen LogP contribution is 2.26. The lowest BCUT2D eigenvalue weighted by molar-refractivity contribution is -0.138. The zero-order valence-electron chi connectivity index (χ0n) is 11.8. The van der Waals surface area contributed by atoms with Crippen LogP contribution in [-0.4, -0.2) is 36.9 Å². The summed E-state index contributed by atoms with van der Waals surface area (Å²) < 4.78 is 39.9. The van der Waals surface area contributed by atoms with Gasteiger partial charge in [-0.1, -0.05) is 17.7 Å². The molecule has 0 aromatic heterocycles. The molecule has 1 aromatic carbocycles. The third-order valence-electron chi connectivity index (χ3n) is 3.73. The summed E-state index contributed by atoms with van der Waals surface area (Å²) in [7, 11) is -3.73. The van der Waals surface area contributed by atoms with Crippen LogP contribution in [-0.2, 0) is 20.6 Å². The van der Waals surface area contributed by atoms with E-state index in [1.807, 2.05) is 0 Å². The zero-order valence-corrected chi connectivity index (χ0v) is 13.4. The van der Waals surface area contributed by atoms with Crippen molar-refractivity contribution in [1.82, 2.24) is 4.31 Å². The van der Waals surface area contributed by atoms with Crippen molar-refractivity contribution in [2.45, 2.75) is 25.0 Å². The number of nitrogens with zero attached hydrogens (tertiary/aromatic N) is 1. The number of halogens is 2. The first-order chi connectivity index (χ1) is 10.3. The first-order valence-corrected chi connectivity index (χ1v) is 8.91. The smallest absolute Gasteiger partial charge is 0.303 e. The molecule has 1 heterocycles. The van der Waals surface area contributed by atoms with Crippen molar-refractivity contribution in [3.05, 3.63) is 34.6 Å². The SMILES string of the molecule is O=C(O)CC1CCCN(S(=O)(=O)Cc2c(F)cccc2Cl)C1. The molecule has 0 spiro atoms. The molecule has 5 nitrogen and oxygen atoms in total. The van der Waals surface area contributed by atoms with Gasteiger partial charge < -0.3 is 5.11 Å². The maximum absolute atomic E-state index is 13.8. The van der Waals surface area contributed by atoms with Crippen LogP contribution in [0.2, 0.25) is 5.02 Å². The maximum atomic E-state index is 13.8. The number of carboxylic acids is 1. The second-order valence-electron chi connectivity index (χ2n) is 5.42. The predicted octanol–water partition coefficient (Wildman–Crippen LogP) is 2.50. The molecule has 1 N–H and O–H groups in total. The minimum atomic E-state index is -3.73. The summed E-state index contributed by atoms with van der Waals surface area (Å²) in [5.74, 6) is -2.33. The standard InChI is InChI=1S/C14H17ClFNO4S/c15-12-4-1-5-13(16)11(12)9-22(20,21)17-6-2-3-10(8-17)7-14(18)19/h1,4-5,10H,2-3,6-9H2,(H,18,19). The fourth-order valence-corrected chi connectivity index (χ4v) is 4.63. The van der Waals surface area contributed by atoms with Gasteiger partial charge in [0.05, 0.1) is 5.75 Å². The van der Waals surface area contributed by atoms with Crippen LogP contribution in [0.25, 0.3) is 0 Å². The molecule has 0 aliphatic carbocycles. The van der Waals surface area contributed by atoms with Crippen LogP contribution in [0.15, 0.2) is 18.2 Å². The second-order valence-corrected chi connectivity index (χ2v) is 7.80. The van der Waals surface area contributed by atoms with E-state index in [0.29, 0.717) is 19.4 Å². The highest BCUT2D eigenvalue weighted by molar-refractivity contribution is 7.88. The summed E-state index contributed by atoms with van der Waals surface area (Å²) in [6.45, 7) is 0.477. The van der Waals surface area contributed by atoms with E-state index in [1.165, 1.54) is 22.5 Å². The largest absolute Gasteiger partial charge is 0.481 e.